The third-order valence-electron chi connectivity index (χ3n) is 3.46. The van der Waals surface area contributed by atoms with E-state index in [-0.39, 0.29) is 11.5 Å². The van der Waals surface area contributed by atoms with Gasteiger partial charge >= 0.3 is 0 Å². The molecule has 0 aliphatic carbocycles. The zero-order chi connectivity index (χ0) is 15.2. The lowest BCUT2D eigenvalue weighted by molar-refractivity contribution is -0.0777. The van der Waals surface area contributed by atoms with E-state index >= 15 is 0 Å². The summed E-state index contributed by atoms with van der Waals surface area (Å²) in [5, 5.41) is 0. The van der Waals surface area contributed by atoms with Gasteiger partial charge in [-0.3, -0.25) is 4.90 Å². The second-order valence-corrected chi connectivity index (χ2v) is 8.53. The highest BCUT2D eigenvalue weighted by molar-refractivity contribution is 4.73. The minimum absolute atomic E-state index is 0.237. The standard InChI is InChI=1S/C17H35NO2/c1-16(2,3)8-7-9-18-10-11-20-15(12-18)13-19-14-17(4,5)6/h15H,7-14H2,1-6H3. The first kappa shape index (κ1) is 17.9. The maximum absolute atomic E-state index is 5.80. The van der Waals surface area contributed by atoms with Crippen LogP contribution in [0.25, 0.3) is 0 Å². The Kier molecular flexibility index (Phi) is 6.96. The van der Waals surface area contributed by atoms with Gasteiger partial charge in [-0.25, -0.2) is 0 Å². The molecular weight excluding hydrogens is 250 g/mol. The minimum Gasteiger partial charge on any atom is -0.378 e. The first-order valence-corrected chi connectivity index (χ1v) is 8.07. The summed E-state index contributed by atoms with van der Waals surface area (Å²) in [6.07, 6.45) is 2.81. The molecule has 1 aliphatic heterocycles. The Bertz CT molecular complexity index is 239. The van der Waals surface area contributed by atoms with Crippen LogP contribution >= 0.6 is 0 Å². The summed E-state index contributed by atoms with van der Waals surface area (Å²) in [6.45, 7) is 19.2. The van der Waals surface area contributed by atoms with Gasteiger partial charge < -0.3 is 9.47 Å². The third kappa shape index (κ3) is 8.93. The smallest absolute Gasteiger partial charge is 0.0935 e. The lowest BCUT2D eigenvalue weighted by atomic mass is 9.90. The monoisotopic (exact) mass is 285 g/mol. The molecule has 1 aliphatic rings. The summed E-state index contributed by atoms with van der Waals surface area (Å²) in [4.78, 5) is 2.53. The molecule has 1 heterocycles. The average Bonchev–Trinajstić information content (AvgIpc) is 2.26. The SMILES string of the molecule is CC(C)(C)CCCN1CCOC(COCC(C)(C)C)C1. The van der Waals surface area contributed by atoms with Crippen molar-refractivity contribution in [1.82, 2.24) is 4.90 Å². The summed E-state index contributed by atoms with van der Waals surface area (Å²) >= 11 is 0. The van der Waals surface area contributed by atoms with Crippen molar-refractivity contribution in [2.45, 2.75) is 60.5 Å². The molecule has 0 radical (unpaired) electrons. The Morgan fingerprint density at radius 3 is 2.40 bits per heavy atom. The summed E-state index contributed by atoms with van der Waals surface area (Å²) in [5.41, 5.74) is 0.683. The largest absolute Gasteiger partial charge is 0.378 e. The van der Waals surface area contributed by atoms with Gasteiger partial charge in [0.1, 0.15) is 0 Å². The van der Waals surface area contributed by atoms with E-state index in [4.69, 9.17) is 9.47 Å². The van der Waals surface area contributed by atoms with Crippen LogP contribution in [0.2, 0.25) is 0 Å². The average molecular weight is 285 g/mol. The number of ether oxygens (including phenoxy) is 2. The number of morpholine rings is 1. The zero-order valence-electron chi connectivity index (χ0n) is 14.5. The van der Waals surface area contributed by atoms with E-state index in [1.165, 1.54) is 19.4 Å². The molecule has 1 fully saturated rings. The van der Waals surface area contributed by atoms with Crippen molar-refractivity contribution in [3.05, 3.63) is 0 Å². The van der Waals surface area contributed by atoms with Crippen molar-refractivity contribution in [2.75, 3.05) is 39.5 Å². The quantitative estimate of drug-likeness (QED) is 0.744. The number of rotatable bonds is 6. The molecule has 1 atom stereocenters. The first-order valence-electron chi connectivity index (χ1n) is 8.07. The number of hydrogen-bond acceptors (Lipinski definition) is 3. The Hall–Kier alpha value is -0.120. The van der Waals surface area contributed by atoms with Crippen LogP contribution in [-0.2, 0) is 9.47 Å². The van der Waals surface area contributed by atoms with Crippen LogP contribution in [0, 0.1) is 10.8 Å². The summed E-state index contributed by atoms with van der Waals surface area (Å²) in [5.74, 6) is 0. The normalized spacial score (nSPS) is 22.2. The second-order valence-electron chi connectivity index (χ2n) is 8.53. The van der Waals surface area contributed by atoms with Crippen molar-refractivity contribution < 1.29 is 9.47 Å². The predicted molar refractivity (Wildman–Crippen MR) is 85.1 cm³/mol. The van der Waals surface area contributed by atoms with Gasteiger partial charge in [0, 0.05) is 13.1 Å². The van der Waals surface area contributed by atoms with Crippen molar-refractivity contribution >= 4 is 0 Å². The lowest BCUT2D eigenvalue weighted by Crippen LogP contribution is -2.45. The fraction of sp³-hybridized carbons (Fsp3) is 1.00. The molecule has 1 saturated heterocycles. The molecule has 0 aromatic heterocycles. The molecule has 0 amide bonds. The van der Waals surface area contributed by atoms with Gasteiger partial charge in [-0.2, -0.15) is 0 Å². The molecule has 0 aromatic rings. The molecule has 120 valence electrons. The van der Waals surface area contributed by atoms with Crippen LogP contribution in [0.4, 0.5) is 0 Å². The van der Waals surface area contributed by atoms with Crippen LogP contribution in [0.3, 0.4) is 0 Å². The van der Waals surface area contributed by atoms with Crippen LogP contribution in [0.15, 0.2) is 0 Å². The van der Waals surface area contributed by atoms with Crippen molar-refractivity contribution in [1.29, 1.82) is 0 Å². The number of nitrogens with zero attached hydrogens (tertiary/aromatic N) is 1. The molecule has 20 heavy (non-hydrogen) atoms. The van der Waals surface area contributed by atoms with E-state index in [1.807, 2.05) is 0 Å². The fourth-order valence-corrected chi connectivity index (χ4v) is 2.41. The van der Waals surface area contributed by atoms with Crippen molar-refractivity contribution in [3.8, 4) is 0 Å². The van der Waals surface area contributed by atoms with Gasteiger partial charge in [0.05, 0.1) is 25.9 Å². The van der Waals surface area contributed by atoms with Gasteiger partial charge in [-0.05, 0) is 30.2 Å². The summed E-state index contributed by atoms with van der Waals surface area (Å²) in [7, 11) is 0. The Balaban J connectivity index is 2.18. The molecule has 1 unspecified atom stereocenters. The second kappa shape index (κ2) is 7.77. The zero-order valence-corrected chi connectivity index (χ0v) is 14.5. The summed E-state index contributed by atoms with van der Waals surface area (Å²) in [6, 6.07) is 0. The topological polar surface area (TPSA) is 21.7 Å². The third-order valence-corrected chi connectivity index (χ3v) is 3.46. The molecule has 3 nitrogen and oxygen atoms in total. The van der Waals surface area contributed by atoms with Crippen LogP contribution in [0.5, 0.6) is 0 Å². The van der Waals surface area contributed by atoms with Gasteiger partial charge in [-0.1, -0.05) is 41.5 Å². The molecule has 3 heteroatoms. The van der Waals surface area contributed by atoms with E-state index in [1.54, 1.807) is 0 Å². The number of hydrogen-bond donors (Lipinski definition) is 0. The van der Waals surface area contributed by atoms with E-state index in [9.17, 15) is 0 Å². The van der Waals surface area contributed by atoms with Crippen LogP contribution < -0.4 is 0 Å². The highest BCUT2D eigenvalue weighted by atomic mass is 16.5. The summed E-state index contributed by atoms with van der Waals surface area (Å²) < 4.78 is 11.6. The van der Waals surface area contributed by atoms with E-state index < -0.39 is 0 Å². The molecule has 0 saturated carbocycles. The maximum Gasteiger partial charge on any atom is 0.0935 e. The van der Waals surface area contributed by atoms with Gasteiger partial charge in [0.2, 0.25) is 0 Å². The first-order chi connectivity index (χ1) is 9.16. The fourth-order valence-electron chi connectivity index (χ4n) is 2.41. The maximum atomic E-state index is 5.80. The molecule has 0 aromatic carbocycles. The lowest BCUT2D eigenvalue weighted by Gasteiger charge is -2.33. The predicted octanol–water partition coefficient (Wildman–Crippen LogP) is 3.58. The molecule has 1 rings (SSSR count). The molecule has 0 N–H and O–H groups in total. The van der Waals surface area contributed by atoms with Gasteiger partial charge in [0.25, 0.3) is 0 Å². The molecule has 0 spiro atoms. The van der Waals surface area contributed by atoms with E-state index in [0.717, 1.165) is 32.9 Å². The van der Waals surface area contributed by atoms with E-state index in [2.05, 4.69) is 46.4 Å². The Morgan fingerprint density at radius 2 is 1.80 bits per heavy atom. The van der Waals surface area contributed by atoms with Gasteiger partial charge in [0.15, 0.2) is 0 Å². The highest BCUT2D eigenvalue weighted by Gasteiger charge is 2.21. The van der Waals surface area contributed by atoms with Gasteiger partial charge in [-0.15, -0.1) is 0 Å². The molecular formula is C17H35NO2. The Morgan fingerprint density at radius 1 is 1.10 bits per heavy atom. The van der Waals surface area contributed by atoms with Crippen LogP contribution in [0.1, 0.15) is 54.4 Å². The molecule has 0 bridgehead atoms. The van der Waals surface area contributed by atoms with Crippen LogP contribution in [-0.4, -0.2) is 50.5 Å². The minimum atomic E-state index is 0.237. The Labute approximate surface area is 126 Å². The van der Waals surface area contributed by atoms with E-state index in [0.29, 0.717) is 5.41 Å². The van der Waals surface area contributed by atoms with Crippen molar-refractivity contribution in [2.24, 2.45) is 10.8 Å². The van der Waals surface area contributed by atoms with Crippen molar-refractivity contribution in [3.63, 3.8) is 0 Å². The highest BCUT2D eigenvalue weighted by Crippen LogP contribution is 2.21.